The Bertz CT molecular complexity index is 657. The number of carbonyl (C=O) groups excluding carboxylic acids is 1. The Labute approximate surface area is 133 Å². The number of aliphatic hydroxyl groups excluding tert-OH is 1. The highest BCUT2D eigenvalue weighted by Crippen LogP contribution is 2.23. The molecule has 1 unspecified atom stereocenters. The smallest absolute Gasteiger partial charge is 0.268 e. The number of aromatic nitrogens is 2. The van der Waals surface area contributed by atoms with Gasteiger partial charge in [-0.1, -0.05) is 17.7 Å². The molecule has 1 heterocycles. The number of phenols is 1. The molecule has 1 aromatic carbocycles. The second kappa shape index (κ2) is 7.29. The van der Waals surface area contributed by atoms with Crippen molar-refractivity contribution in [3.8, 4) is 5.75 Å². The molecule has 0 fully saturated rings. The van der Waals surface area contributed by atoms with E-state index in [1.54, 1.807) is 16.7 Å². The average Bonchev–Trinajstić information content (AvgIpc) is 2.90. The van der Waals surface area contributed by atoms with Crippen molar-refractivity contribution in [1.82, 2.24) is 9.55 Å². The van der Waals surface area contributed by atoms with E-state index in [1.807, 2.05) is 0 Å². The molecule has 118 valence electrons. The molecule has 0 bridgehead atoms. The molecule has 0 radical (unpaired) electrons. The lowest BCUT2D eigenvalue weighted by molar-refractivity contribution is 0.0995. The molecule has 0 aliphatic rings. The topological polar surface area (TPSA) is 101 Å². The van der Waals surface area contributed by atoms with E-state index in [4.69, 9.17) is 17.3 Å². The van der Waals surface area contributed by atoms with Crippen LogP contribution in [0.25, 0.3) is 0 Å². The van der Waals surface area contributed by atoms with E-state index < -0.39 is 12.0 Å². The first kappa shape index (κ1) is 16.3. The summed E-state index contributed by atoms with van der Waals surface area (Å²) >= 11 is 5.77. The molecule has 0 saturated heterocycles. The van der Waals surface area contributed by atoms with Gasteiger partial charge >= 0.3 is 0 Å². The molecule has 4 N–H and O–H groups in total. The predicted octanol–water partition coefficient (Wildman–Crippen LogP) is 1.72. The normalized spacial score (nSPS) is 12.3. The van der Waals surface area contributed by atoms with Crippen molar-refractivity contribution in [3.63, 3.8) is 0 Å². The van der Waals surface area contributed by atoms with Crippen LogP contribution in [0, 0.1) is 0 Å². The van der Waals surface area contributed by atoms with Gasteiger partial charge in [0.15, 0.2) is 0 Å². The number of aliphatic hydroxyl groups is 1. The van der Waals surface area contributed by atoms with Gasteiger partial charge in [0.2, 0.25) is 0 Å². The van der Waals surface area contributed by atoms with Gasteiger partial charge in [-0.15, -0.1) is 0 Å². The Morgan fingerprint density at radius 3 is 2.86 bits per heavy atom. The Kier molecular flexibility index (Phi) is 5.41. The van der Waals surface area contributed by atoms with Gasteiger partial charge in [-0.2, -0.15) is 0 Å². The number of imidazole rings is 1. The zero-order chi connectivity index (χ0) is 16.1. The number of nitrogens with zero attached hydrogens (tertiary/aromatic N) is 2. The second-order valence-electron chi connectivity index (χ2n) is 5.14. The van der Waals surface area contributed by atoms with Crippen LogP contribution in [0.3, 0.4) is 0 Å². The predicted molar refractivity (Wildman–Crippen MR) is 82.8 cm³/mol. The molecular formula is C15H18ClN3O3. The molecular weight excluding hydrogens is 306 g/mol. The molecule has 1 amide bonds. The van der Waals surface area contributed by atoms with Gasteiger partial charge in [-0.05, 0) is 37.0 Å². The Morgan fingerprint density at radius 2 is 2.23 bits per heavy atom. The van der Waals surface area contributed by atoms with Crippen molar-refractivity contribution in [1.29, 1.82) is 0 Å². The minimum absolute atomic E-state index is 0.169. The van der Waals surface area contributed by atoms with Crippen LogP contribution in [0.1, 0.15) is 28.9 Å². The van der Waals surface area contributed by atoms with Gasteiger partial charge in [0.05, 0.1) is 12.4 Å². The fourth-order valence-corrected chi connectivity index (χ4v) is 2.36. The lowest BCUT2D eigenvalue weighted by Crippen LogP contribution is -2.15. The third kappa shape index (κ3) is 4.47. The summed E-state index contributed by atoms with van der Waals surface area (Å²) in [5, 5.41) is 20.2. The lowest BCUT2D eigenvalue weighted by Gasteiger charge is -2.11. The molecule has 0 aliphatic heterocycles. The van der Waals surface area contributed by atoms with E-state index >= 15 is 0 Å². The monoisotopic (exact) mass is 323 g/mol. The number of rotatable bonds is 7. The van der Waals surface area contributed by atoms with Crippen molar-refractivity contribution >= 4 is 17.5 Å². The van der Waals surface area contributed by atoms with E-state index in [0.717, 1.165) is 5.56 Å². The van der Waals surface area contributed by atoms with Crippen molar-refractivity contribution in [3.05, 3.63) is 47.0 Å². The van der Waals surface area contributed by atoms with Gasteiger partial charge in [0.1, 0.15) is 11.4 Å². The van der Waals surface area contributed by atoms with Gasteiger partial charge in [-0.25, -0.2) is 4.98 Å². The molecule has 0 spiro atoms. The molecule has 0 aliphatic carbocycles. The minimum Gasteiger partial charge on any atom is -0.508 e. The van der Waals surface area contributed by atoms with Crippen LogP contribution in [-0.2, 0) is 13.0 Å². The van der Waals surface area contributed by atoms with Crippen LogP contribution >= 0.6 is 11.6 Å². The Balaban J connectivity index is 1.79. The first-order valence-corrected chi connectivity index (χ1v) is 7.30. The minimum atomic E-state index is -0.591. The highest BCUT2D eigenvalue weighted by molar-refractivity contribution is 6.30. The fraction of sp³-hybridized carbons (Fsp3) is 0.333. The highest BCUT2D eigenvalue weighted by atomic mass is 35.5. The first-order valence-electron chi connectivity index (χ1n) is 6.92. The maximum absolute atomic E-state index is 10.9. The molecule has 1 aromatic heterocycles. The van der Waals surface area contributed by atoms with Gasteiger partial charge < -0.3 is 20.5 Å². The summed E-state index contributed by atoms with van der Waals surface area (Å²) in [6, 6.07) is 5.01. The quantitative estimate of drug-likeness (QED) is 0.722. The number of benzene rings is 1. The standard InChI is InChI=1S/C15H18ClN3O3/c16-11-5-4-10(14(21)6-11)2-1-3-12(20)7-19-8-13(15(17)22)18-9-19/h4-6,8-9,12,20-21H,1-3,7H2,(H2,17,22). The summed E-state index contributed by atoms with van der Waals surface area (Å²) in [7, 11) is 0. The van der Waals surface area contributed by atoms with Crippen LogP contribution in [0.4, 0.5) is 0 Å². The SMILES string of the molecule is NC(=O)c1cn(CC(O)CCCc2ccc(Cl)cc2O)cn1. The molecule has 7 heteroatoms. The fourth-order valence-electron chi connectivity index (χ4n) is 2.20. The number of nitrogens with two attached hydrogens (primary N) is 1. The van der Waals surface area contributed by atoms with E-state index in [9.17, 15) is 15.0 Å². The van der Waals surface area contributed by atoms with Crippen molar-refractivity contribution < 1.29 is 15.0 Å². The molecule has 2 aromatic rings. The highest BCUT2D eigenvalue weighted by Gasteiger charge is 2.09. The summed E-state index contributed by atoms with van der Waals surface area (Å²) < 4.78 is 1.63. The number of aryl methyl sites for hydroxylation is 1. The van der Waals surface area contributed by atoms with Crippen molar-refractivity contribution in [2.24, 2.45) is 5.73 Å². The molecule has 22 heavy (non-hydrogen) atoms. The summed E-state index contributed by atoms with van der Waals surface area (Å²) in [5.41, 5.74) is 6.10. The van der Waals surface area contributed by atoms with Crippen LogP contribution in [0.5, 0.6) is 5.75 Å². The number of halogens is 1. The van der Waals surface area contributed by atoms with E-state index in [-0.39, 0.29) is 11.4 Å². The summed E-state index contributed by atoms with van der Waals surface area (Å²) in [6.45, 7) is 0.340. The number of phenolic OH excluding ortho intramolecular Hbond substituents is 1. The molecule has 2 rings (SSSR count). The zero-order valence-electron chi connectivity index (χ0n) is 11.9. The number of aromatic hydroxyl groups is 1. The Morgan fingerprint density at radius 1 is 1.45 bits per heavy atom. The molecule has 0 saturated carbocycles. The number of hydrogen-bond acceptors (Lipinski definition) is 4. The second-order valence-corrected chi connectivity index (χ2v) is 5.58. The van der Waals surface area contributed by atoms with Gasteiger partial charge in [-0.3, -0.25) is 4.79 Å². The first-order chi connectivity index (χ1) is 10.5. The van der Waals surface area contributed by atoms with Gasteiger partial charge in [0.25, 0.3) is 5.91 Å². The van der Waals surface area contributed by atoms with E-state index in [2.05, 4.69) is 4.98 Å². The number of hydrogen-bond donors (Lipinski definition) is 3. The van der Waals surface area contributed by atoms with Crippen molar-refractivity contribution in [2.45, 2.75) is 31.9 Å². The third-order valence-corrected chi connectivity index (χ3v) is 3.57. The van der Waals surface area contributed by atoms with Crippen LogP contribution in [-0.4, -0.2) is 31.8 Å². The number of amides is 1. The lowest BCUT2D eigenvalue weighted by atomic mass is 10.0. The van der Waals surface area contributed by atoms with Crippen LogP contribution in [0.15, 0.2) is 30.7 Å². The summed E-state index contributed by atoms with van der Waals surface area (Å²) in [5.74, 6) is -0.422. The number of primary amides is 1. The molecule has 1 atom stereocenters. The van der Waals surface area contributed by atoms with Gasteiger partial charge in [0, 0.05) is 17.8 Å². The summed E-state index contributed by atoms with van der Waals surface area (Å²) in [4.78, 5) is 14.8. The summed E-state index contributed by atoms with van der Waals surface area (Å²) in [6.07, 6.45) is 4.34. The van der Waals surface area contributed by atoms with E-state index in [0.29, 0.717) is 30.8 Å². The Hall–Kier alpha value is -2.05. The maximum atomic E-state index is 10.9. The van der Waals surface area contributed by atoms with E-state index in [1.165, 1.54) is 18.6 Å². The zero-order valence-corrected chi connectivity index (χ0v) is 12.7. The average molecular weight is 324 g/mol. The van der Waals surface area contributed by atoms with Crippen LogP contribution in [0.2, 0.25) is 5.02 Å². The number of carbonyl (C=O) groups is 1. The third-order valence-electron chi connectivity index (χ3n) is 3.34. The van der Waals surface area contributed by atoms with Crippen molar-refractivity contribution in [2.75, 3.05) is 0 Å². The molecule has 6 nitrogen and oxygen atoms in total. The largest absolute Gasteiger partial charge is 0.508 e. The van der Waals surface area contributed by atoms with Crippen LogP contribution < -0.4 is 5.73 Å². The maximum Gasteiger partial charge on any atom is 0.268 e.